The highest BCUT2D eigenvalue weighted by Crippen LogP contribution is 2.23. The normalized spacial score (nSPS) is 13.1. The zero-order valence-corrected chi connectivity index (χ0v) is 10.4. The summed E-state index contributed by atoms with van der Waals surface area (Å²) in [6.07, 6.45) is 0.510. The highest BCUT2D eigenvalue weighted by Gasteiger charge is 2.37. The van der Waals surface area contributed by atoms with Gasteiger partial charge >= 0.3 is 12.1 Å². The molecule has 0 aliphatic heterocycles. The summed E-state index contributed by atoms with van der Waals surface area (Å²) in [7, 11) is 0. The summed E-state index contributed by atoms with van der Waals surface area (Å²) in [5.74, 6) is -1.24. The minimum absolute atomic E-state index is 0.00530. The van der Waals surface area contributed by atoms with Gasteiger partial charge in [-0.15, -0.1) is 0 Å². The first-order chi connectivity index (χ1) is 8.90. The Labute approximate surface area is 110 Å². The van der Waals surface area contributed by atoms with Gasteiger partial charge in [0.1, 0.15) is 12.4 Å². The van der Waals surface area contributed by atoms with E-state index in [-0.39, 0.29) is 12.4 Å². The fraction of sp³-hybridized carbons (Fsp3) is 0.231. The number of hydrogen-bond acceptors (Lipinski definition) is 4. The third-order valence-electron chi connectivity index (χ3n) is 2.56. The van der Waals surface area contributed by atoms with E-state index in [2.05, 4.69) is 11.9 Å². The lowest BCUT2D eigenvalue weighted by Gasteiger charge is -2.26. The molecule has 1 amide bonds. The maximum atomic E-state index is 11.5. The Balaban J connectivity index is 2.97. The topological polar surface area (TPSA) is 95.9 Å². The molecule has 0 fully saturated rings. The van der Waals surface area contributed by atoms with E-state index < -0.39 is 17.6 Å². The lowest BCUT2D eigenvalue weighted by molar-refractivity contribution is -0.144. The lowest BCUT2D eigenvalue weighted by Crippen LogP contribution is -2.49. The molecule has 1 atom stereocenters. The van der Waals surface area contributed by atoms with Crippen molar-refractivity contribution in [3.05, 3.63) is 42.5 Å². The molecular formula is C13H15NO5. The Bertz CT molecular complexity index is 482. The molecule has 0 saturated heterocycles. The number of rotatable bonds is 5. The van der Waals surface area contributed by atoms with Crippen molar-refractivity contribution in [1.29, 1.82) is 0 Å². The second-order valence-corrected chi connectivity index (χ2v) is 3.99. The minimum Gasteiger partial charge on any atom is -0.508 e. The first-order valence-electron chi connectivity index (χ1n) is 5.49. The molecule has 0 bridgehead atoms. The van der Waals surface area contributed by atoms with Crippen LogP contribution in [-0.4, -0.2) is 28.9 Å². The molecule has 0 saturated carbocycles. The van der Waals surface area contributed by atoms with Gasteiger partial charge in [0.2, 0.25) is 0 Å². The van der Waals surface area contributed by atoms with Crippen LogP contribution in [0, 0.1) is 0 Å². The lowest BCUT2D eigenvalue weighted by atomic mass is 9.92. The van der Waals surface area contributed by atoms with Gasteiger partial charge < -0.3 is 20.3 Å². The summed E-state index contributed by atoms with van der Waals surface area (Å²) in [6, 6.07) is 5.51. The van der Waals surface area contributed by atoms with Gasteiger partial charge in [-0.25, -0.2) is 9.59 Å². The van der Waals surface area contributed by atoms with Crippen molar-refractivity contribution in [3.63, 3.8) is 0 Å². The number of nitrogens with one attached hydrogen (secondary N) is 1. The highest BCUT2D eigenvalue weighted by molar-refractivity contribution is 5.85. The van der Waals surface area contributed by atoms with E-state index in [1.54, 1.807) is 0 Å². The molecule has 0 aliphatic rings. The number of alkyl carbamates (subject to hydrolysis) is 1. The number of phenolic OH excluding ortho intramolecular Hbond substituents is 1. The Morgan fingerprint density at radius 1 is 1.42 bits per heavy atom. The molecule has 0 aromatic heterocycles. The number of amides is 1. The number of carboxylic acid groups (broad SMARTS) is 1. The van der Waals surface area contributed by atoms with Crippen LogP contribution in [-0.2, 0) is 15.1 Å². The highest BCUT2D eigenvalue weighted by atomic mass is 16.5. The third-order valence-corrected chi connectivity index (χ3v) is 2.56. The molecule has 0 spiro atoms. The second kappa shape index (κ2) is 5.90. The van der Waals surface area contributed by atoms with Crippen molar-refractivity contribution in [2.75, 3.05) is 6.61 Å². The number of aromatic hydroxyl groups is 1. The van der Waals surface area contributed by atoms with Crippen molar-refractivity contribution in [2.45, 2.75) is 12.5 Å². The van der Waals surface area contributed by atoms with Gasteiger partial charge in [-0.2, -0.15) is 0 Å². The summed E-state index contributed by atoms with van der Waals surface area (Å²) < 4.78 is 4.70. The van der Waals surface area contributed by atoms with Crippen LogP contribution >= 0.6 is 0 Å². The average Bonchev–Trinajstić information content (AvgIpc) is 2.36. The van der Waals surface area contributed by atoms with Gasteiger partial charge in [-0.3, -0.25) is 0 Å². The number of ether oxygens (including phenoxy) is 1. The van der Waals surface area contributed by atoms with Crippen LogP contribution < -0.4 is 5.32 Å². The first-order valence-corrected chi connectivity index (χ1v) is 5.49. The van der Waals surface area contributed by atoms with Gasteiger partial charge in [-0.1, -0.05) is 24.8 Å². The average molecular weight is 265 g/mol. The molecule has 1 rings (SSSR count). The molecule has 6 nitrogen and oxygen atoms in total. The van der Waals surface area contributed by atoms with Gasteiger partial charge in [-0.05, 0) is 24.6 Å². The minimum atomic E-state index is -1.65. The number of phenols is 1. The predicted octanol–water partition coefficient (Wildman–Crippen LogP) is 1.60. The molecule has 1 aromatic rings. The van der Waals surface area contributed by atoms with Crippen LogP contribution in [0.1, 0.15) is 12.5 Å². The Hall–Kier alpha value is -2.50. The fourth-order valence-corrected chi connectivity index (χ4v) is 1.42. The van der Waals surface area contributed by atoms with Crippen molar-refractivity contribution in [3.8, 4) is 5.75 Å². The zero-order chi connectivity index (χ0) is 14.5. The molecule has 19 heavy (non-hydrogen) atoms. The van der Waals surface area contributed by atoms with Crippen LogP contribution in [0.15, 0.2) is 36.9 Å². The standard InChI is InChI=1S/C13H15NO5/c1-3-8-19-12(18)14-13(2,11(16)17)9-4-6-10(15)7-5-9/h3-7,15H,1,8H2,2H3,(H,14,18)(H,16,17). The monoisotopic (exact) mass is 265 g/mol. The van der Waals surface area contributed by atoms with E-state index in [0.29, 0.717) is 5.56 Å². The van der Waals surface area contributed by atoms with Crippen LogP contribution in [0.4, 0.5) is 4.79 Å². The smallest absolute Gasteiger partial charge is 0.408 e. The molecule has 102 valence electrons. The molecule has 1 aromatic carbocycles. The van der Waals surface area contributed by atoms with Gasteiger partial charge in [0.15, 0.2) is 5.54 Å². The Morgan fingerprint density at radius 2 is 2.00 bits per heavy atom. The molecule has 1 unspecified atom stereocenters. The largest absolute Gasteiger partial charge is 0.508 e. The summed E-state index contributed by atoms with van der Waals surface area (Å²) in [5, 5.41) is 20.7. The molecule has 3 N–H and O–H groups in total. The summed E-state index contributed by atoms with van der Waals surface area (Å²) in [6.45, 7) is 4.70. The number of aliphatic carboxylic acids is 1. The third kappa shape index (κ3) is 3.48. The van der Waals surface area contributed by atoms with E-state index >= 15 is 0 Å². The number of carbonyl (C=O) groups excluding carboxylic acids is 1. The Morgan fingerprint density at radius 3 is 2.47 bits per heavy atom. The van der Waals surface area contributed by atoms with Crippen LogP contribution in [0.5, 0.6) is 5.75 Å². The maximum Gasteiger partial charge on any atom is 0.408 e. The molecule has 6 heteroatoms. The predicted molar refractivity (Wildman–Crippen MR) is 67.8 cm³/mol. The maximum absolute atomic E-state index is 11.5. The number of carboxylic acids is 1. The summed E-state index contributed by atoms with van der Waals surface area (Å²) in [4.78, 5) is 22.8. The first kappa shape index (κ1) is 14.6. The van der Waals surface area contributed by atoms with E-state index in [4.69, 9.17) is 4.74 Å². The van der Waals surface area contributed by atoms with E-state index in [1.165, 1.54) is 37.3 Å². The Kier molecular flexibility index (Phi) is 4.52. The van der Waals surface area contributed by atoms with Crippen molar-refractivity contribution >= 4 is 12.1 Å². The van der Waals surface area contributed by atoms with Gasteiger partial charge in [0, 0.05) is 0 Å². The number of hydrogen-bond donors (Lipinski definition) is 3. The van der Waals surface area contributed by atoms with Gasteiger partial charge in [0.25, 0.3) is 0 Å². The van der Waals surface area contributed by atoms with E-state index in [1.807, 2.05) is 0 Å². The van der Waals surface area contributed by atoms with Crippen LogP contribution in [0.2, 0.25) is 0 Å². The van der Waals surface area contributed by atoms with Crippen molar-refractivity contribution < 1.29 is 24.5 Å². The molecule has 0 heterocycles. The molecule has 0 radical (unpaired) electrons. The van der Waals surface area contributed by atoms with E-state index in [9.17, 15) is 19.8 Å². The fourth-order valence-electron chi connectivity index (χ4n) is 1.42. The summed E-state index contributed by atoms with van der Waals surface area (Å²) >= 11 is 0. The van der Waals surface area contributed by atoms with Crippen molar-refractivity contribution in [2.24, 2.45) is 0 Å². The zero-order valence-electron chi connectivity index (χ0n) is 10.4. The second-order valence-electron chi connectivity index (χ2n) is 3.99. The molecular weight excluding hydrogens is 250 g/mol. The number of benzene rings is 1. The quantitative estimate of drug-likeness (QED) is 0.703. The summed E-state index contributed by atoms with van der Waals surface area (Å²) in [5.41, 5.74) is -1.33. The van der Waals surface area contributed by atoms with Crippen LogP contribution in [0.3, 0.4) is 0 Å². The van der Waals surface area contributed by atoms with Gasteiger partial charge in [0.05, 0.1) is 0 Å². The van der Waals surface area contributed by atoms with Crippen LogP contribution in [0.25, 0.3) is 0 Å². The SMILES string of the molecule is C=CCOC(=O)NC(C)(C(=O)O)c1ccc(O)cc1. The molecule has 0 aliphatic carbocycles. The number of carbonyl (C=O) groups is 2. The van der Waals surface area contributed by atoms with E-state index in [0.717, 1.165) is 0 Å². The van der Waals surface area contributed by atoms with Crippen molar-refractivity contribution in [1.82, 2.24) is 5.32 Å².